The summed E-state index contributed by atoms with van der Waals surface area (Å²) in [6.45, 7) is 8.73. The fraction of sp³-hybridized carbons (Fsp3) is 0.682. The zero-order valence-electron chi connectivity index (χ0n) is 17.8. The van der Waals surface area contributed by atoms with E-state index in [-0.39, 0.29) is 35.2 Å². The molecule has 1 aromatic rings. The number of nitrogens with one attached hydrogen (secondary N) is 2. The SMILES string of the molecule is CCNC(=NCC1(c2cccc(F)c2)CC1)NCC1CCN(CCOC)CC1.I. The molecule has 0 atom stereocenters. The lowest BCUT2D eigenvalue weighted by Gasteiger charge is -2.32. The van der Waals surface area contributed by atoms with Gasteiger partial charge in [-0.2, -0.15) is 0 Å². The number of aliphatic imine (C=N–C) groups is 1. The van der Waals surface area contributed by atoms with Crippen LogP contribution in [0.15, 0.2) is 29.3 Å². The summed E-state index contributed by atoms with van der Waals surface area (Å²) >= 11 is 0. The van der Waals surface area contributed by atoms with Crippen LogP contribution in [-0.2, 0) is 10.2 Å². The van der Waals surface area contributed by atoms with Crippen molar-refractivity contribution in [2.75, 3.05) is 53.0 Å². The van der Waals surface area contributed by atoms with Crippen LogP contribution in [0.1, 0.15) is 38.2 Å². The molecule has 164 valence electrons. The summed E-state index contributed by atoms with van der Waals surface area (Å²) in [5, 5.41) is 6.89. The van der Waals surface area contributed by atoms with E-state index in [1.165, 1.54) is 18.9 Å². The lowest BCUT2D eigenvalue weighted by molar-refractivity contribution is 0.121. The van der Waals surface area contributed by atoms with Gasteiger partial charge in [0.25, 0.3) is 0 Å². The van der Waals surface area contributed by atoms with Crippen LogP contribution in [0.2, 0.25) is 0 Å². The molecule has 5 nitrogen and oxygen atoms in total. The van der Waals surface area contributed by atoms with Crippen LogP contribution in [0.4, 0.5) is 4.39 Å². The topological polar surface area (TPSA) is 48.9 Å². The van der Waals surface area contributed by atoms with Gasteiger partial charge in [-0.15, -0.1) is 24.0 Å². The Kier molecular flexibility index (Phi) is 10.1. The Morgan fingerprint density at radius 3 is 2.66 bits per heavy atom. The first-order chi connectivity index (χ1) is 13.6. The Bertz CT molecular complexity index is 645. The molecule has 1 aromatic carbocycles. The number of halogens is 2. The summed E-state index contributed by atoms with van der Waals surface area (Å²) in [5.41, 5.74) is 1.10. The van der Waals surface area contributed by atoms with E-state index in [0.29, 0.717) is 12.5 Å². The Balaban J connectivity index is 0.00000300. The fourth-order valence-corrected chi connectivity index (χ4v) is 3.96. The quantitative estimate of drug-likeness (QED) is 0.299. The fourth-order valence-electron chi connectivity index (χ4n) is 3.96. The van der Waals surface area contributed by atoms with Gasteiger partial charge in [0.1, 0.15) is 5.82 Å². The summed E-state index contributed by atoms with van der Waals surface area (Å²) in [4.78, 5) is 7.32. The van der Waals surface area contributed by atoms with Crippen molar-refractivity contribution in [2.45, 2.75) is 38.0 Å². The van der Waals surface area contributed by atoms with Crippen molar-refractivity contribution in [3.05, 3.63) is 35.6 Å². The van der Waals surface area contributed by atoms with Crippen LogP contribution in [0.25, 0.3) is 0 Å². The van der Waals surface area contributed by atoms with E-state index in [0.717, 1.165) is 63.7 Å². The summed E-state index contributed by atoms with van der Waals surface area (Å²) in [6, 6.07) is 7.01. The van der Waals surface area contributed by atoms with Gasteiger partial charge < -0.3 is 20.3 Å². The van der Waals surface area contributed by atoms with Crippen molar-refractivity contribution in [3.8, 4) is 0 Å². The third kappa shape index (κ3) is 7.36. The second kappa shape index (κ2) is 12.1. The zero-order valence-corrected chi connectivity index (χ0v) is 20.1. The van der Waals surface area contributed by atoms with E-state index in [2.05, 4.69) is 22.5 Å². The summed E-state index contributed by atoms with van der Waals surface area (Å²) in [5.74, 6) is 1.40. The minimum atomic E-state index is -0.158. The molecule has 1 saturated carbocycles. The number of rotatable bonds is 9. The van der Waals surface area contributed by atoms with Gasteiger partial charge in [-0.25, -0.2) is 4.39 Å². The minimum absolute atomic E-state index is 0. The number of hydrogen-bond acceptors (Lipinski definition) is 3. The smallest absolute Gasteiger partial charge is 0.191 e. The Morgan fingerprint density at radius 2 is 2.03 bits per heavy atom. The molecule has 2 aliphatic rings. The number of nitrogens with zero attached hydrogens (tertiary/aromatic N) is 2. The second-order valence-electron chi connectivity index (χ2n) is 8.14. The van der Waals surface area contributed by atoms with Crippen LogP contribution in [-0.4, -0.2) is 63.8 Å². The molecule has 7 heteroatoms. The van der Waals surface area contributed by atoms with Gasteiger partial charge in [0.05, 0.1) is 13.2 Å². The summed E-state index contributed by atoms with van der Waals surface area (Å²) in [7, 11) is 1.76. The average Bonchev–Trinajstić information content (AvgIpc) is 3.50. The highest BCUT2D eigenvalue weighted by Crippen LogP contribution is 2.48. The lowest BCUT2D eigenvalue weighted by atomic mass is 9.96. The van der Waals surface area contributed by atoms with Gasteiger partial charge in [0, 0.05) is 32.2 Å². The van der Waals surface area contributed by atoms with E-state index >= 15 is 0 Å². The number of piperidine rings is 1. The molecule has 1 aliphatic heterocycles. The van der Waals surface area contributed by atoms with Crippen LogP contribution in [0, 0.1) is 11.7 Å². The van der Waals surface area contributed by atoms with Crippen LogP contribution in [0.3, 0.4) is 0 Å². The summed E-state index contributed by atoms with van der Waals surface area (Å²) in [6.07, 6.45) is 4.59. The monoisotopic (exact) mass is 518 g/mol. The molecule has 1 aliphatic carbocycles. The van der Waals surface area contributed by atoms with E-state index in [1.54, 1.807) is 19.2 Å². The maximum Gasteiger partial charge on any atom is 0.191 e. The van der Waals surface area contributed by atoms with E-state index < -0.39 is 0 Å². The van der Waals surface area contributed by atoms with Crippen molar-refractivity contribution in [2.24, 2.45) is 10.9 Å². The predicted molar refractivity (Wildman–Crippen MR) is 128 cm³/mol. The lowest BCUT2D eigenvalue weighted by Crippen LogP contribution is -2.43. The molecule has 3 rings (SSSR count). The highest BCUT2D eigenvalue weighted by atomic mass is 127. The zero-order chi connectivity index (χ0) is 19.8. The van der Waals surface area contributed by atoms with Gasteiger partial charge in [-0.1, -0.05) is 12.1 Å². The first-order valence-electron chi connectivity index (χ1n) is 10.6. The molecule has 2 N–H and O–H groups in total. The highest BCUT2D eigenvalue weighted by Gasteiger charge is 2.44. The summed E-state index contributed by atoms with van der Waals surface area (Å²) < 4.78 is 18.8. The molecular formula is C22H36FIN4O. The van der Waals surface area contributed by atoms with Gasteiger partial charge in [-0.3, -0.25) is 4.99 Å². The maximum absolute atomic E-state index is 13.6. The highest BCUT2D eigenvalue weighted by molar-refractivity contribution is 14.0. The maximum atomic E-state index is 13.6. The van der Waals surface area contributed by atoms with Crippen LogP contribution in [0.5, 0.6) is 0 Å². The van der Waals surface area contributed by atoms with Crippen LogP contribution >= 0.6 is 24.0 Å². The van der Waals surface area contributed by atoms with Crippen LogP contribution < -0.4 is 10.6 Å². The first kappa shape index (κ1) is 24.3. The Labute approximate surface area is 191 Å². The number of guanidine groups is 1. The molecule has 0 radical (unpaired) electrons. The Hall–Kier alpha value is -0.930. The van der Waals surface area contributed by atoms with Crippen molar-refractivity contribution in [1.82, 2.24) is 15.5 Å². The van der Waals surface area contributed by atoms with E-state index in [9.17, 15) is 4.39 Å². The van der Waals surface area contributed by atoms with Gasteiger partial charge in [0.15, 0.2) is 5.96 Å². The number of methoxy groups -OCH3 is 1. The Morgan fingerprint density at radius 1 is 1.28 bits per heavy atom. The molecule has 0 aromatic heterocycles. The van der Waals surface area contributed by atoms with E-state index in [1.807, 2.05) is 6.07 Å². The number of likely N-dealkylation sites (tertiary alicyclic amines) is 1. The first-order valence-corrected chi connectivity index (χ1v) is 10.6. The second-order valence-corrected chi connectivity index (χ2v) is 8.14. The molecule has 2 fully saturated rings. The standard InChI is InChI=1S/C22H35FN4O.HI/c1-3-24-21(25-16-18-7-11-27(12-8-18)13-14-28-2)26-17-22(9-10-22)19-5-4-6-20(23)15-19;/h4-6,15,18H,3,7-14,16-17H2,1-2H3,(H2,24,25,26);1H. The van der Waals surface area contributed by atoms with Crippen molar-refractivity contribution >= 4 is 29.9 Å². The molecule has 1 saturated heterocycles. The van der Waals surface area contributed by atoms with Gasteiger partial charge in [-0.05, 0) is 69.3 Å². The molecule has 1 heterocycles. The van der Waals surface area contributed by atoms with Gasteiger partial charge in [0.2, 0.25) is 0 Å². The van der Waals surface area contributed by atoms with Gasteiger partial charge >= 0.3 is 0 Å². The third-order valence-electron chi connectivity index (χ3n) is 6.05. The molecule has 0 unspecified atom stereocenters. The molecular weight excluding hydrogens is 482 g/mol. The molecule has 0 spiro atoms. The number of benzene rings is 1. The minimum Gasteiger partial charge on any atom is -0.383 e. The van der Waals surface area contributed by atoms with Crippen molar-refractivity contribution in [1.29, 1.82) is 0 Å². The third-order valence-corrected chi connectivity index (χ3v) is 6.05. The largest absolute Gasteiger partial charge is 0.383 e. The molecule has 0 bridgehead atoms. The predicted octanol–water partition coefficient (Wildman–Crippen LogP) is 3.39. The van der Waals surface area contributed by atoms with E-state index in [4.69, 9.17) is 9.73 Å². The average molecular weight is 518 g/mol. The number of hydrogen-bond donors (Lipinski definition) is 2. The van der Waals surface area contributed by atoms with Crippen molar-refractivity contribution in [3.63, 3.8) is 0 Å². The van der Waals surface area contributed by atoms with Crippen molar-refractivity contribution < 1.29 is 9.13 Å². The molecule has 29 heavy (non-hydrogen) atoms. The normalized spacial score (nSPS) is 19.5. The molecule has 0 amide bonds. The number of ether oxygens (including phenoxy) is 1.